The van der Waals surface area contributed by atoms with Crippen molar-refractivity contribution in [2.24, 2.45) is 0 Å². The van der Waals surface area contributed by atoms with E-state index in [9.17, 15) is 0 Å². The van der Waals surface area contributed by atoms with Crippen LogP contribution in [-0.2, 0) is 0 Å². The molecule has 0 spiro atoms. The Morgan fingerprint density at radius 2 is 2.25 bits per heavy atom. The normalized spacial score (nSPS) is 14.8. The zero-order valence-corrected chi connectivity index (χ0v) is 7.29. The maximum absolute atomic E-state index is 5.51. The molecular formula is C8H11B2NO. The van der Waals surface area contributed by atoms with Crippen LogP contribution in [0.25, 0.3) is 0 Å². The summed E-state index contributed by atoms with van der Waals surface area (Å²) in [6.07, 6.45) is 0. The minimum absolute atomic E-state index is 0.810. The van der Waals surface area contributed by atoms with Gasteiger partial charge in [0.15, 0.2) is 7.31 Å². The number of nitrogens with zero attached hydrogens (tertiary/aromatic N) is 1. The van der Waals surface area contributed by atoms with Crippen molar-refractivity contribution in [3.05, 3.63) is 24.3 Å². The molecule has 2 rings (SSSR count). The highest BCUT2D eigenvalue weighted by atomic mass is 16.5. The predicted octanol–water partition coefficient (Wildman–Crippen LogP) is -0.215. The van der Waals surface area contributed by atoms with E-state index >= 15 is 0 Å². The Morgan fingerprint density at radius 3 is 3.08 bits per heavy atom. The molecule has 0 saturated heterocycles. The van der Waals surface area contributed by atoms with Gasteiger partial charge in [0.05, 0.1) is 13.4 Å². The lowest BCUT2D eigenvalue weighted by Gasteiger charge is -2.30. The lowest BCUT2D eigenvalue weighted by molar-refractivity contribution is 0.317. The van der Waals surface area contributed by atoms with Crippen molar-refractivity contribution in [1.29, 1.82) is 0 Å². The fourth-order valence-electron chi connectivity index (χ4n) is 1.56. The molecular weight excluding hydrogens is 148 g/mol. The summed E-state index contributed by atoms with van der Waals surface area (Å²) < 4.78 is 5.51. The van der Waals surface area contributed by atoms with E-state index in [-0.39, 0.29) is 0 Å². The Kier molecular flexibility index (Phi) is 1.98. The molecule has 4 heteroatoms. The van der Waals surface area contributed by atoms with Gasteiger partial charge in [0.25, 0.3) is 0 Å². The van der Waals surface area contributed by atoms with Crippen molar-refractivity contribution in [2.75, 3.05) is 18.0 Å². The largest absolute Gasteiger partial charge is 0.490 e. The van der Waals surface area contributed by atoms with E-state index in [2.05, 4.69) is 24.7 Å². The molecule has 0 atom stereocenters. The van der Waals surface area contributed by atoms with Gasteiger partial charge in [0.1, 0.15) is 12.4 Å². The standard InChI is InChI=1S/C8H11B2NO/c9-10-11-5-6-12-8-4-2-1-3-7(8)11/h1-4,10H,5-6,9H2. The fourth-order valence-corrected chi connectivity index (χ4v) is 1.56. The highest BCUT2D eigenvalue weighted by Gasteiger charge is 2.14. The first-order valence-electron chi connectivity index (χ1n) is 4.38. The van der Waals surface area contributed by atoms with Crippen LogP contribution in [0.4, 0.5) is 5.69 Å². The molecule has 2 nitrogen and oxygen atoms in total. The fraction of sp³-hybridized carbons (Fsp3) is 0.250. The topological polar surface area (TPSA) is 12.5 Å². The number of hydrogen-bond donors (Lipinski definition) is 0. The lowest BCUT2D eigenvalue weighted by atomic mass is 9.65. The summed E-state index contributed by atoms with van der Waals surface area (Å²) >= 11 is 0. The first-order valence-corrected chi connectivity index (χ1v) is 4.38. The van der Waals surface area contributed by atoms with E-state index in [0.717, 1.165) is 26.2 Å². The number of para-hydroxylation sites is 2. The molecule has 0 fully saturated rings. The van der Waals surface area contributed by atoms with E-state index in [1.807, 2.05) is 12.1 Å². The number of rotatable bonds is 1. The third-order valence-electron chi connectivity index (χ3n) is 2.21. The highest BCUT2D eigenvalue weighted by Crippen LogP contribution is 2.29. The summed E-state index contributed by atoms with van der Waals surface area (Å²) in [7, 11) is 3.22. The molecule has 0 amide bonds. The molecule has 60 valence electrons. The molecule has 1 aromatic rings. The van der Waals surface area contributed by atoms with Crippen molar-refractivity contribution in [3.63, 3.8) is 0 Å². The number of benzene rings is 1. The van der Waals surface area contributed by atoms with Crippen LogP contribution < -0.4 is 9.55 Å². The molecule has 1 aliphatic rings. The Morgan fingerprint density at radius 1 is 1.42 bits per heavy atom. The van der Waals surface area contributed by atoms with Gasteiger partial charge in [-0.2, -0.15) is 0 Å². The molecule has 0 saturated carbocycles. The van der Waals surface area contributed by atoms with Crippen molar-refractivity contribution >= 4 is 20.7 Å². The van der Waals surface area contributed by atoms with Crippen molar-refractivity contribution in [3.8, 4) is 5.75 Å². The van der Waals surface area contributed by atoms with Crippen LogP contribution in [0.15, 0.2) is 24.3 Å². The summed E-state index contributed by atoms with van der Waals surface area (Å²) in [4.78, 5) is 2.33. The number of ether oxygens (including phenoxy) is 1. The number of hydrogen-bond acceptors (Lipinski definition) is 2. The van der Waals surface area contributed by atoms with Gasteiger partial charge >= 0.3 is 0 Å². The monoisotopic (exact) mass is 159 g/mol. The second-order valence-corrected chi connectivity index (χ2v) is 2.90. The van der Waals surface area contributed by atoms with E-state index < -0.39 is 0 Å². The van der Waals surface area contributed by atoms with Gasteiger partial charge in [-0.15, -0.1) is 0 Å². The van der Waals surface area contributed by atoms with Gasteiger partial charge in [0.2, 0.25) is 0 Å². The molecule has 1 aromatic carbocycles. The molecule has 12 heavy (non-hydrogen) atoms. The second-order valence-electron chi connectivity index (χ2n) is 2.90. The van der Waals surface area contributed by atoms with E-state index in [1.54, 1.807) is 0 Å². The maximum Gasteiger partial charge on any atom is 0.192 e. The molecule has 1 aliphatic heterocycles. The van der Waals surface area contributed by atoms with Crippen LogP contribution in [0.2, 0.25) is 0 Å². The van der Waals surface area contributed by atoms with E-state index in [1.165, 1.54) is 5.69 Å². The number of fused-ring (bicyclic) bond motifs is 1. The smallest absolute Gasteiger partial charge is 0.192 e. The Bertz CT molecular complexity index is 280. The first-order chi connectivity index (χ1) is 5.92. The van der Waals surface area contributed by atoms with Crippen LogP contribution in [-0.4, -0.2) is 28.2 Å². The summed E-state index contributed by atoms with van der Waals surface area (Å²) in [5, 5.41) is 0. The number of anilines is 1. The summed E-state index contributed by atoms with van der Waals surface area (Å²) in [5.74, 6) is 1.02. The first kappa shape index (κ1) is 7.59. The molecule has 0 unspecified atom stereocenters. The van der Waals surface area contributed by atoms with Crippen LogP contribution >= 0.6 is 0 Å². The average molecular weight is 159 g/mol. The predicted molar refractivity (Wildman–Crippen MR) is 55.0 cm³/mol. The minimum Gasteiger partial charge on any atom is -0.490 e. The average Bonchev–Trinajstić information content (AvgIpc) is 2.17. The second kappa shape index (κ2) is 3.13. The van der Waals surface area contributed by atoms with E-state index in [0.29, 0.717) is 0 Å². The Balaban J connectivity index is 2.37. The minimum atomic E-state index is 0.810. The van der Waals surface area contributed by atoms with E-state index in [4.69, 9.17) is 4.74 Å². The molecule has 0 bridgehead atoms. The summed E-state index contributed by atoms with van der Waals surface area (Å²) in [6.45, 7) is 1.82. The summed E-state index contributed by atoms with van der Waals surface area (Å²) in [6, 6.07) is 8.20. The van der Waals surface area contributed by atoms with Gasteiger partial charge in [0, 0.05) is 6.54 Å². The van der Waals surface area contributed by atoms with Gasteiger partial charge in [-0.1, -0.05) is 12.1 Å². The highest BCUT2D eigenvalue weighted by molar-refractivity contribution is 6.91. The zero-order valence-electron chi connectivity index (χ0n) is 7.29. The Hall–Kier alpha value is -1.05. The summed E-state index contributed by atoms with van der Waals surface area (Å²) in [5.41, 5.74) is 1.23. The maximum atomic E-state index is 5.51. The van der Waals surface area contributed by atoms with Gasteiger partial charge < -0.3 is 9.55 Å². The quantitative estimate of drug-likeness (QED) is 0.525. The molecule has 0 N–H and O–H groups in total. The third kappa shape index (κ3) is 1.17. The zero-order chi connectivity index (χ0) is 8.39. The van der Waals surface area contributed by atoms with Crippen molar-refractivity contribution in [1.82, 2.24) is 0 Å². The van der Waals surface area contributed by atoms with Crippen molar-refractivity contribution in [2.45, 2.75) is 0 Å². The van der Waals surface area contributed by atoms with Gasteiger partial charge in [-0.25, -0.2) is 0 Å². The lowest BCUT2D eigenvalue weighted by Crippen LogP contribution is -2.35. The molecule has 0 aliphatic carbocycles. The Labute approximate surface area is 74.2 Å². The molecule has 0 radical (unpaired) electrons. The van der Waals surface area contributed by atoms with Crippen LogP contribution in [0, 0.1) is 0 Å². The van der Waals surface area contributed by atoms with Gasteiger partial charge in [-0.05, 0) is 12.1 Å². The van der Waals surface area contributed by atoms with Gasteiger partial charge in [-0.3, -0.25) is 0 Å². The van der Waals surface area contributed by atoms with Crippen LogP contribution in [0.1, 0.15) is 0 Å². The van der Waals surface area contributed by atoms with Crippen molar-refractivity contribution < 1.29 is 4.74 Å². The van der Waals surface area contributed by atoms with Crippen LogP contribution in [0.5, 0.6) is 5.75 Å². The molecule has 1 heterocycles. The van der Waals surface area contributed by atoms with Crippen LogP contribution in [0.3, 0.4) is 0 Å². The third-order valence-corrected chi connectivity index (χ3v) is 2.21. The molecule has 0 aromatic heterocycles. The SMILES string of the molecule is BBN1CCOc2ccccc21.